The van der Waals surface area contributed by atoms with Crippen LogP contribution in [0.3, 0.4) is 0 Å². The van der Waals surface area contributed by atoms with Gasteiger partial charge in [-0.1, -0.05) is 47.2 Å². The van der Waals surface area contributed by atoms with Crippen molar-refractivity contribution in [3.05, 3.63) is 81.8 Å². The summed E-state index contributed by atoms with van der Waals surface area (Å²) in [6, 6.07) is 14.7. The van der Waals surface area contributed by atoms with Crippen molar-refractivity contribution in [1.29, 1.82) is 0 Å². The van der Waals surface area contributed by atoms with Crippen LogP contribution in [0.2, 0.25) is 5.02 Å². The molecular formula is C25H22ClFN3O4S-. The van der Waals surface area contributed by atoms with Crippen LogP contribution in [0.4, 0.5) is 20.0 Å². The number of carbonyl (C=O) groups is 1. The molecule has 7 nitrogen and oxygen atoms in total. The van der Waals surface area contributed by atoms with E-state index in [1.807, 2.05) is 0 Å². The number of halogens is 2. The number of amides is 1. The lowest BCUT2D eigenvalue weighted by molar-refractivity contribution is 0.0636. The Balaban J connectivity index is 1.78. The topological polar surface area (TPSA) is 97.8 Å². The summed E-state index contributed by atoms with van der Waals surface area (Å²) in [6.07, 6.45) is -0.426. The molecule has 0 saturated heterocycles. The first-order chi connectivity index (χ1) is 16.5. The number of aromatic nitrogens is 1. The Morgan fingerprint density at radius 3 is 2.57 bits per heavy atom. The van der Waals surface area contributed by atoms with Gasteiger partial charge in [-0.05, 0) is 67.8 Å². The minimum Gasteiger partial charge on any atom is -0.733 e. The summed E-state index contributed by atoms with van der Waals surface area (Å²) in [4.78, 5) is 16.7. The molecule has 0 aliphatic rings. The van der Waals surface area contributed by atoms with E-state index in [2.05, 4.69) is 10.3 Å². The molecule has 4 rings (SSSR count). The Morgan fingerprint density at radius 2 is 1.94 bits per heavy atom. The Labute approximate surface area is 210 Å². The van der Waals surface area contributed by atoms with E-state index in [-0.39, 0.29) is 28.0 Å². The van der Waals surface area contributed by atoms with Gasteiger partial charge in [0.05, 0.1) is 15.9 Å². The lowest BCUT2D eigenvalue weighted by Crippen LogP contribution is -2.27. The third kappa shape index (κ3) is 5.88. The number of carbonyl (C=O) groups excluding carboxylic acids is 1. The largest absolute Gasteiger partial charge is 0.733 e. The molecule has 0 saturated carbocycles. The van der Waals surface area contributed by atoms with Crippen molar-refractivity contribution in [2.75, 3.05) is 10.5 Å². The predicted octanol–water partition coefficient (Wildman–Crippen LogP) is 7.39. The summed E-state index contributed by atoms with van der Waals surface area (Å²) in [7, 11) is 0. The zero-order valence-corrected chi connectivity index (χ0v) is 20.7. The second-order valence-corrected chi connectivity index (χ2v) is 10.3. The molecule has 2 N–H and O–H groups in total. The first-order valence-corrected chi connectivity index (χ1v) is 11.8. The smallest absolute Gasteiger partial charge is 0.413 e. The number of fused-ring (bicyclic) bond motifs is 1. The van der Waals surface area contributed by atoms with E-state index in [0.29, 0.717) is 26.4 Å². The predicted molar refractivity (Wildman–Crippen MR) is 137 cm³/mol. The van der Waals surface area contributed by atoms with Gasteiger partial charge in [-0.25, -0.2) is 14.2 Å². The molecule has 0 unspecified atom stereocenters. The zero-order valence-electron chi connectivity index (χ0n) is 19.1. The van der Waals surface area contributed by atoms with Crippen molar-refractivity contribution < 1.29 is 19.1 Å². The minimum absolute atomic E-state index is 0.0737. The maximum absolute atomic E-state index is 15.9. The Morgan fingerprint density at radius 1 is 1.23 bits per heavy atom. The minimum atomic E-state index is -0.680. The number of anilines is 2. The normalized spacial score (nSPS) is 11.5. The number of benzene rings is 3. The van der Waals surface area contributed by atoms with E-state index >= 15 is 4.39 Å². The molecule has 3 aromatic carbocycles. The fraction of sp³-hybridized carbons (Fsp3) is 0.200. The van der Waals surface area contributed by atoms with E-state index in [9.17, 15) is 10.0 Å². The van der Waals surface area contributed by atoms with Gasteiger partial charge in [0.2, 0.25) is 0 Å². The van der Waals surface area contributed by atoms with Crippen molar-refractivity contribution in [3.63, 3.8) is 0 Å². The van der Waals surface area contributed by atoms with Crippen LogP contribution in [0.15, 0.2) is 54.6 Å². The summed E-state index contributed by atoms with van der Waals surface area (Å²) < 4.78 is 21.9. The second-order valence-electron chi connectivity index (χ2n) is 8.84. The van der Waals surface area contributed by atoms with Crippen LogP contribution in [0.5, 0.6) is 0 Å². The number of ether oxygens (including phenoxy) is 1. The van der Waals surface area contributed by atoms with Crippen LogP contribution in [-0.4, -0.2) is 21.9 Å². The molecule has 1 heterocycles. The Kier molecular flexibility index (Phi) is 6.95. The number of hydrogen-bond donors (Lipinski definition) is 2. The molecule has 4 aromatic rings. The van der Waals surface area contributed by atoms with E-state index in [1.54, 1.807) is 63.2 Å². The van der Waals surface area contributed by atoms with Gasteiger partial charge in [0.1, 0.15) is 11.4 Å². The van der Waals surface area contributed by atoms with Gasteiger partial charge >= 0.3 is 6.09 Å². The average molecular weight is 515 g/mol. The van der Waals surface area contributed by atoms with Gasteiger partial charge in [-0.2, -0.15) is 0 Å². The van der Waals surface area contributed by atoms with E-state index in [4.69, 9.17) is 21.5 Å². The highest BCUT2D eigenvalue weighted by Crippen LogP contribution is 2.39. The molecular weight excluding hydrogens is 493 g/mol. The van der Waals surface area contributed by atoms with Crippen LogP contribution in [0, 0.1) is 11.0 Å². The number of rotatable bonds is 5. The molecule has 0 aliphatic heterocycles. The molecule has 35 heavy (non-hydrogen) atoms. The highest BCUT2D eigenvalue weighted by Gasteiger charge is 2.22. The van der Waals surface area contributed by atoms with Gasteiger partial charge in [-0.15, -0.1) is 0 Å². The molecule has 1 amide bonds. The lowest BCUT2D eigenvalue weighted by Gasteiger charge is -2.21. The number of nitrogens with one attached hydrogen (secondary N) is 1. The Hall–Kier alpha value is -3.24. The van der Waals surface area contributed by atoms with Gasteiger partial charge < -0.3 is 15.2 Å². The van der Waals surface area contributed by atoms with Gasteiger partial charge in [0, 0.05) is 17.0 Å². The van der Waals surface area contributed by atoms with Gasteiger partial charge in [0.25, 0.3) is 0 Å². The van der Waals surface area contributed by atoms with Crippen LogP contribution in [0.1, 0.15) is 31.9 Å². The van der Waals surface area contributed by atoms with Crippen LogP contribution in [0.25, 0.3) is 21.3 Å². The SMILES string of the molecule is CC(C)(C)OC(=O)Nc1nc2c(-c3cccc(Cl)c3)c(F)c(Cc3ccc(N([O-])O)cc3)cc2s1. The van der Waals surface area contributed by atoms with Crippen LogP contribution < -0.4 is 10.5 Å². The Bertz CT molecular complexity index is 1380. The molecule has 182 valence electrons. The number of nitrogens with zero attached hydrogens (tertiary/aromatic N) is 2. The summed E-state index contributed by atoms with van der Waals surface area (Å²) in [5.41, 5.74) is 1.74. The molecule has 0 bridgehead atoms. The van der Waals surface area contributed by atoms with Crippen molar-refractivity contribution in [2.24, 2.45) is 0 Å². The fourth-order valence-electron chi connectivity index (χ4n) is 3.54. The van der Waals surface area contributed by atoms with E-state index in [0.717, 1.165) is 5.56 Å². The number of thiazole rings is 1. The van der Waals surface area contributed by atoms with Gasteiger partial charge in [-0.3, -0.25) is 10.5 Å². The van der Waals surface area contributed by atoms with Crippen molar-refractivity contribution in [2.45, 2.75) is 32.8 Å². The molecule has 1 aromatic heterocycles. The van der Waals surface area contributed by atoms with Crippen molar-refractivity contribution in [1.82, 2.24) is 4.98 Å². The molecule has 0 atom stereocenters. The molecule has 0 spiro atoms. The number of hydrogen-bond acceptors (Lipinski definition) is 7. The maximum atomic E-state index is 15.9. The maximum Gasteiger partial charge on any atom is 0.413 e. The van der Waals surface area contributed by atoms with Gasteiger partial charge in [0.15, 0.2) is 5.13 Å². The van der Waals surface area contributed by atoms with Crippen molar-refractivity contribution >= 4 is 50.1 Å². The molecule has 0 fully saturated rings. The standard InChI is InChI=1S/C25H22ClFN3O4S/c1-25(2,3)34-24(31)29-23-28-22-19(35-23)13-16(11-14-7-9-18(10-8-14)30(32)33)21(27)20(22)15-5-4-6-17(26)12-15/h4-10,12-13,32H,11H2,1-3H3,(H,28,29,31)/q-1. The first-order valence-electron chi connectivity index (χ1n) is 10.6. The molecule has 0 aliphatic carbocycles. The average Bonchev–Trinajstić information content (AvgIpc) is 3.14. The highest BCUT2D eigenvalue weighted by molar-refractivity contribution is 7.22. The molecule has 0 radical (unpaired) electrons. The monoisotopic (exact) mass is 514 g/mol. The summed E-state index contributed by atoms with van der Waals surface area (Å²) >= 11 is 7.38. The quantitative estimate of drug-likeness (QED) is 0.269. The molecule has 10 heteroatoms. The first kappa shape index (κ1) is 24.9. The van der Waals surface area contributed by atoms with Crippen LogP contribution >= 0.6 is 22.9 Å². The third-order valence-electron chi connectivity index (χ3n) is 4.97. The van der Waals surface area contributed by atoms with E-state index < -0.39 is 17.5 Å². The summed E-state index contributed by atoms with van der Waals surface area (Å²) in [5, 5.41) is 23.2. The second kappa shape index (κ2) is 9.79. The zero-order chi connectivity index (χ0) is 25.3. The van der Waals surface area contributed by atoms with E-state index in [1.165, 1.54) is 23.5 Å². The fourth-order valence-corrected chi connectivity index (χ4v) is 4.65. The van der Waals surface area contributed by atoms with Crippen LogP contribution in [-0.2, 0) is 11.2 Å². The highest BCUT2D eigenvalue weighted by atomic mass is 35.5. The third-order valence-corrected chi connectivity index (χ3v) is 6.12. The summed E-state index contributed by atoms with van der Waals surface area (Å²) in [6.45, 7) is 5.27. The summed E-state index contributed by atoms with van der Waals surface area (Å²) in [5.74, 6) is -0.467. The van der Waals surface area contributed by atoms with Crippen molar-refractivity contribution in [3.8, 4) is 11.1 Å². The lowest BCUT2D eigenvalue weighted by atomic mass is 9.97.